The quantitative estimate of drug-likeness (QED) is 0.526. The Balaban J connectivity index is 1.50. The van der Waals surface area contributed by atoms with Crippen LogP contribution in [0.1, 0.15) is 76.2 Å². The van der Waals surface area contributed by atoms with Gasteiger partial charge in [-0.15, -0.1) is 11.8 Å². The number of rotatable bonds is 2. The predicted molar refractivity (Wildman–Crippen MR) is 127 cm³/mol. The Bertz CT molecular complexity index is 923. The number of thioether (sulfide) groups is 1. The molecule has 3 heteroatoms. The fourth-order valence-electron chi connectivity index (χ4n) is 8.34. The molecule has 166 valence electrons. The van der Waals surface area contributed by atoms with Gasteiger partial charge in [-0.05, 0) is 105 Å². The Hall–Kier alpha value is -1.03. The van der Waals surface area contributed by atoms with Gasteiger partial charge in [-0.3, -0.25) is 0 Å². The van der Waals surface area contributed by atoms with Crippen molar-refractivity contribution in [2.24, 2.45) is 17.3 Å². The molecule has 1 N–H and O–H groups in total. The first kappa shape index (κ1) is 20.6. The van der Waals surface area contributed by atoms with Crippen LogP contribution in [0.2, 0.25) is 0 Å². The van der Waals surface area contributed by atoms with Crippen LogP contribution in [0.3, 0.4) is 0 Å². The number of allylic oxidation sites excluding steroid dienone is 3. The third-order valence-corrected chi connectivity index (χ3v) is 10.5. The van der Waals surface area contributed by atoms with Crippen LogP contribution < -0.4 is 0 Å². The van der Waals surface area contributed by atoms with Crippen molar-refractivity contribution in [2.75, 3.05) is 12.9 Å². The van der Waals surface area contributed by atoms with E-state index in [1.54, 1.807) is 11.1 Å². The Labute approximate surface area is 191 Å². The van der Waals surface area contributed by atoms with E-state index in [-0.39, 0.29) is 17.1 Å². The molecule has 0 radical (unpaired) electrons. The summed E-state index contributed by atoms with van der Waals surface area (Å²) in [5.41, 5.74) is 6.72. The largest absolute Gasteiger partial charge is 0.389 e. The Morgan fingerprint density at radius 2 is 1.90 bits per heavy atom. The van der Waals surface area contributed by atoms with Gasteiger partial charge in [-0.2, -0.15) is 0 Å². The first-order chi connectivity index (χ1) is 15.0. The summed E-state index contributed by atoms with van der Waals surface area (Å²) in [6, 6.07) is 9.43. The van der Waals surface area contributed by atoms with Crippen molar-refractivity contribution in [1.82, 2.24) is 0 Å². The van der Waals surface area contributed by atoms with Gasteiger partial charge in [-0.25, -0.2) is 0 Å². The van der Waals surface area contributed by atoms with E-state index in [0.29, 0.717) is 11.8 Å². The van der Waals surface area contributed by atoms with Gasteiger partial charge in [-0.1, -0.05) is 30.7 Å². The van der Waals surface area contributed by atoms with E-state index in [0.717, 1.165) is 31.8 Å². The number of aliphatic hydroxyl groups excluding tert-OH is 1. The SMILES string of the molecule is CSc1ccc([C@H]2C[C@@]3(C)C(CC[C@@]34CCCO4)C3CCC4=CC(O)CCC4=C32)cc1. The first-order valence-electron chi connectivity index (χ1n) is 12.4. The third-order valence-electron chi connectivity index (χ3n) is 9.77. The zero-order valence-corrected chi connectivity index (χ0v) is 19.8. The molecule has 31 heavy (non-hydrogen) atoms. The normalized spacial score (nSPS) is 41.7. The van der Waals surface area contributed by atoms with Gasteiger partial charge in [0, 0.05) is 22.8 Å². The van der Waals surface area contributed by atoms with E-state index in [9.17, 15) is 5.11 Å². The molecule has 1 heterocycles. The minimum atomic E-state index is -0.245. The van der Waals surface area contributed by atoms with E-state index in [1.165, 1.54) is 54.6 Å². The lowest BCUT2D eigenvalue weighted by Crippen LogP contribution is -2.51. The van der Waals surface area contributed by atoms with Crippen molar-refractivity contribution >= 4 is 11.8 Å². The van der Waals surface area contributed by atoms with Gasteiger partial charge < -0.3 is 9.84 Å². The summed E-state index contributed by atoms with van der Waals surface area (Å²) in [4.78, 5) is 1.35. The lowest BCUT2D eigenvalue weighted by molar-refractivity contribution is -0.106. The summed E-state index contributed by atoms with van der Waals surface area (Å²) >= 11 is 1.83. The third kappa shape index (κ3) is 2.99. The van der Waals surface area contributed by atoms with Crippen LogP contribution >= 0.6 is 11.8 Å². The van der Waals surface area contributed by atoms with Crippen molar-refractivity contribution in [3.63, 3.8) is 0 Å². The number of fused-ring (bicyclic) bond motifs is 5. The van der Waals surface area contributed by atoms with E-state index >= 15 is 0 Å². The monoisotopic (exact) mass is 436 g/mol. The molecule has 4 aliphatic carbocycles. The highest BCUT2D eigenvalue weighted by Crippen LogP contribution is 2.69. The van der Waals surface area contributed by atoms with Crippen molar-refractivity contribution in [1.29, 1.82) is 0 Å². The lowest BCUT2D eigenvalue weighted by Gasteiger charge is -2.55. The summed E-state index contributed by atoms with van der Waals surface area (Å²) in [5, 5.41) is 10.3. The topological polar surface area (TPSA) is 29.5 Å². The summed E-state index contributed by atoms with van der Waals surface area (Å²) in [6.07, 6.45) is 14.8. The van der Waals surface area contributed by atoms with Gasteiger partial charge in [0.15, 0.2) is 0 Å². The molecule has 2 nitrogen and oxygen atoms in total. The van der Waals surface area contributed by atoms with Crippen LogP contribution in [0.25, 0.3) is 0 Å². The average molecular weight is 437 g/mol. The highest BCUT2D eigenvalue weighted by atomic mass is 32.2. The van der Waals surface area contributed by atoms with E-state index in [4.69, 9.17) is 4.74 Å². The number of aliphatic hydroxyl groups is 1. The van der Waals surface area contributed by atoms with Gasteiger partial charge in [0.1, 0.15) is 0 Å². The second-order valence-corrected chi connectivity index (χ2v) is 11.8. The second-order valence-electron chi connectivity index (χ2n) is 10.9. The second kappa shape index (κ2) is 7.50. The number of hydrogen-bond donors (Lipinski definition) is 1. The number of ether oxygens (including phenoxy) is 1. The minimum absolute atomic E-state index is 0.115. The Morgan fingerprint density at radius 3 is 2.65 bits per heavy atom. The molecule has 5 aliphatic rings. The molecule has 1 saturated heterocycles. The molecule has 1 aromatic rings. The summed E-state index contributed by atoms with van der Waals surface area (Å²) in [5.74, 6) is 1.94. The van der Waals surface area contributed by atoms with Gasteiger partial charge >= 0.3 is 0 Å². The zero-order valence-electron chi connectivity index (χ0n) is 19.0. The molecule has 3 fully saturated rings. The van der Waals surface area contributed by atoms with Crippen LogP contribution in [0, 0.1) is 17.3 Å². The molecule has 0 aromatic heterocycles. The van der Waals surface area contributed by atoms with Crippen molar-refractivity contribution < 1.29 is 9.84 Å². The van der Waals surface area contributed by atoms with Crippen molar-refractivity contribution in [3.8, 4) is 0 Å². The zero-order chi connectivity index (χ0) is 21.2. The predicted octanol–water partition coefficient (Wildman–Crippen LogP) is 6.65. The van der Waals surface area contributed by atoms with Crippen molar-refractivity contribution in [2.45, 2.75) is 87.2 Å². The van der Waals surface area contributed by atoms with E-state index < -0.39 is 0 Å². The molecule has 1 aliphatic heterocycles. The fourth-order valence-corrected chi connectivity index (χ4v) is 8.74. The summed E-state index contributed by atoms with van der Waals surface area (Å²) < 4.78 is 6.63. The molecule has 6 atom stereocenters. The maximum Gasteiger partial charge on any atom is 0.0739 e. The van der Waals surface area contributed by atoms with E-state index in [2.05, 4.69) is 43.5 Å². The molecule has 0 amide bonds. The van der Waals surface area contributed by atoms with Crippen LogP contribution in [-0.2, 0) is 4.74 Å². The highest BCUT2D eigenvalue weighted by Gasteiger charge is 2.64. The minimum Gasteiger partial charge on any atom is -0.389 e. The molecule has 6 rings (SSSR count). The first-order valence-corrected chi connectivity index (χ1v) is 13.7. The molecule has 1 aromatic carbocycles. The summed E-state index contributed by atoms with van der Waals surface area (Å²) in [7, 11) is 0. The number of benzene rings is 1. The van der Waals surface area contributed by atoms with Crippen LogP contribution in [0.15, 0.2) is 52.0 Å². The Morgan fingerprint density at radius 1 is 1.06 bits per heavy atom. The number of hydrogen-bond acceptors (Lipinski definition) is 3. The van der Waals surface area contributed by atoms with E-state index in [1.807, 2.05) is 11.8 Å². The van der Waals surface area contributed by atoms with Gasteiger partial charge in [0.25, 0.3) is 0 Å². The maximum absolute atomic E-state index is 10.3. The molecule has 1 spiro atoms. The molecular formula is C28H36O2S. The van der Waals surface area contributed by atoms with Crippen LogP contribution in [0.4, 0.5) is 0 Å². The smallest absolute Gasteiger partial charge is 0.0739 e. The fraction of sp³-hybridized carbons (Fsp3) is 0.643. The summed E-state index contributed by atoms with van der Waals surface area (Å²) in [6.45, 7) is 3.55. The molecule has 2 saturated carbocycles. The maximum atomic E-state index is 10.3. The molecule has 0 bridgehead atoms. The van der Waals surface area contributed by atoms with Crippen LogP contribution in [-0.4, -0.2) is 29.7 Å². The lowest BCUT2D eigenvalue weighted by atomic mass is 9.51. The average Bonchev–Trinajstić information content (AvgIpc) is 3.39. The van der Waals surface area contributed by atoms with Crippen molar-refractivity contribution in [3.05, 3.63) is 52.6 Å². The van der Waals surface area contributed by atoms with Gasteiger partial charge in [0.2, 0.25) is 0 Å². The van der Waals surface area contributed by atoms with Gasteiger partial charge in [0.05, 0.1) is 11.7 Å². The molecule has 3 unspecified atom stereocenters. The molecular weight excluding hydrogens is 400 g/mol. The highest BCUT2D eigenvalue weighted by molar-refractivity contribution is 7.98. The standard InChI is InChI=1S/C28H36O2S/c1-27-17-24(18-4-8-21(31-2)9-5-18)26-22-11-7-20(29)16-19(22)6-10-23(26)25(27)12-14-28(27)13-3-15-30-28/h4-5,8-9,16,20,23-25,29H,3,6-7,10-15,17H2,1-2H3/t20?,23?,24-,25?,27+,28+/m1/s1. The van der Waals surface area contributed by atoms with Crippen LogP contribution in [0.5, 0.6) is 0 Å². The Kier molecular flexibility index (Phi) is 4.98.